The standard InChI is InChI=1S/C14H22N2O3S2/c1-2-19-14-4-3-13(7-12(14)8-15)21(17,18)16-9-11-5-6-20-10-11/h3-4,7,11,16H,2,5-6,8-10,15H2,1H3. The van der Waals surface area contributed by atoms with Crippen LogP contribution in [-0.2, 0) is 16.6 Å². The number of thioether (sulfide) groups is 1. The third kappa shape index (κ3) is 4.35. The highest BCUT2D eigenvalue weighted by molar-refractivity contribution is 7.99. The maximum Gasteiger partial charge on any atom is 0.240 e. The highest BCUT2D eigenvalue weighted by atomic mass is 32.2. The third-order valence-electron chi connectivity index (χ3n) is 3.45. The first kappa shape index (κ1) is 16.6. The molecule has 0 aliphatic carbocycles. The lowest BCUT2D eigenvalue weighted by atomic mass is 10.1. The van der Waals surface area contributed by atoms with Crippen LogP contribution < -0.4 is 15.2 Å². The summed E-state index contributed by atoms with van der Waals surface area (Å²) in [6.07, 6.45) is 1.07. The number of sulfonamides is 1. The topological polar surface area (TPSA) is 81.4 Å². The summed E-state index contributed by atoms with van der Waals surface area (Å²) in [7, 11) is -3.48. The molecule has 1 heterocycles. The smallest absolute Gasteiger partial charge is 0.240 e. The van der Waals surface area contributed by atoms with Gasteiger partial charge in [0.15, 0.2) is 0 Å². The largest absolute Gasteiger partial charge is 0.494 e. The van der Waals surface area contributed by atoms with E-state index in [0.29, 0.717) is 30.4 Å². The quantitative estimate of drug-likeness (QED) is 0.793. The third-order valence-corrected chi connectivity index (χ3v) is 6.10. The lowest BCUT2D eigenvalue weighted by Gasteiger charge is -2.13. The Labute approximate surface area is 130 Å². The van der Waals surface area contributed by atoms with Crippen LogP contribution in [0.1, 0.15) is 18.9 Å². The zero-order valence-corrected chi connectivity index (χ0v) is 13.8. The van der Waals surface area contributed by atoms with Crippen molar-refractivity contribution >= 4 is 21.8 Å². The number of ether oxygens (including phenoxy) is 1. The second-order valence-corrected chi connectivity index (χ2v) is 7.90. The van der Waals surface area contributed by atoms with Gasteiger partial charge in [-0.05, 0) is 49.0 Å². The molecule has 0 aromatic heterocycles. The summed E-state index contributed by atoms with van der Waals surface area (Å²) in [6.45, 7) is 3.15. The minimum Gasteiger partial charge on any atom is -0.494 e. The van der Waals surface area contributed by atoms with Crippen LogP contribution in [0, 0.1) is 5.92 Å². The lowest BCUT2D eigenvalue weighted by molar-refractivity contribution is 0.336. The van der Waals surface area contributed by atoms with Crippen molar-refractivity contribution in [2.75, 3.05) is 24.7 Å². The van der Waals surface area contributed by atoms with E-state index >= 15 is 0 Å². The molecule has 1 aliphatic heterocycles. The molecule has 0 saturated carbocycles. The van der Waals surface area contributed by atoms with Crippen molar-refractivity contribution in [3.8, 4) is 5.75 Å². The van der Waals surface area contributed by atoms with Crippen molar-refractivity contribution in [2.24, 2.45) is 11.7 Å². The molecular formula is C14H22N2O3S2. The van der Waals surface area contributed by atoms with E-state index in [1.165, 1.54) is 0 Å². The zero-order chi connectivity index (χ0) is 15.3. The van der Waals surface area contributed by atoms with E-state index in [-0.39, 0.29) is 11.4 Å². The van der Waals surface area contributed by atoms with Gasteiger partial charge in [0.1, 0.15) is 5.75 Å². The normalized spacial score (nSPS) is 18.9. The van der Waals surface area contributed by atoms with E-state index < -0.39 is 10.0 Å². The van der Waals surface area contributed by atoms with Crippen LogP contribution in [0.2, 0.25) is 0 Å². The molecule has 0 spiro atoms. The van der Waals surface area contributed by atoms with Gasteiger partial charge in [-0.2, -0.15) is 11.8 Å². The highest BCUT2D eigenvalue weighted by Crippen LogP contribution is 2.24. The molecule has 1 aromatic rings. The Balaban J connectivity index is 2.11. The Bertz CT molecular complexity index is 570. The van der Waals surface area contributed by atoms with Crippen molar-refractivity contribution in [2.45, 2.75) is 24.8 Å². The molecular weight excluding hydrogens is 308 g/mol. The summed E-state index contributed by atoms with van der Waals surface area (Å²) in [5.41, 5.74) is 6.37. The van der Waals surface area contributed by atoms with Gasteiger partial charge in [-0.15, -0.1) is 0 Å². The molecule has 1 atom stereocenters. The molecule has 1 aliphatic rings. The van der Waals surface area contributed by atoms with Crippen molar-refractivity contribution < 1.29 is 13.2 Å². The molecule has 1 aromatic carbocycles. The van der Waals surface area contributed by atoms with Crippen molar-refractivity contribution in [1.82, 2.24) is 4.72 Å². The van der Waals surface area contributed by atoms with E-state index in [2.05, 4.69) is 4.72 Å². The average Bonchev–Trinajstić information content (AvgIpc) is 2.99. The predicted octanol–water partition coefficient (Wildman–Crippen LogP) is 1.58. The molecule has 0 amide bonds. The van der Waals surface area contributed by atoms with Gasteiger partial charge in [0.2, 0.25) is 10.0 Å². The van der Waals surface area contributed by atoms with Crippen LogP contribution in [0.3, 0.4) is 0 Å². The van der Waals surface area contributed by atoms with Crippen LogP contribution in [0.25, 0.3) is 0 Å². The first-order valence-electron chi connectivity index (χ1n) is 7.10. The van der Waals surface area contributed by atoms with Gasteiger partial charge in [-0.25, -0.2) is 13.1 Å². The minimum absolute atomic E-state index is 0.247. The van der Waals surface area contributed by atoms with Crippen LogP contribution in [0.5, 0.6) is 5.75 Å². The Hall–Kier alpha value is -0.760. The van der Waals surface area contributed by atoms with E-state index in [4.69, 9.17) is 10.5 Å². The number of nitrogens with one attached hydrogen (secondary N) is 1. The van der Waals surface area contributed by atoms with Crippen LogP contribution in [-0.4, -0.2) is 33.1 Å². The second kappa shape index (κ2) is 7.49. The van der Waals surface area contributed by atoms with Crippen LogP contribution >= 0.6 is 11.8 Å². The molecule has 1 unspecified atom stereocenters. The molecule has 3 N–H and O–H groups in total. The fraction of sp³-hybridized carbons (Fsp3) is 0.571. The van der Waals surface area contributed by atoms with Gasteiger partial charge < -0.3 is 10.5 Å². The van der Waals surface area contributed by atoms with E-state index in [9.17, 15) is 8.42 Å². The minimum atomic E-state index is -3.48. The fourth-order valence-electron chi connectivity index (χ4n) is 2.23. The molecule has 0 bridgehead atoms. The number of benzene rings is 1. The molecule has 2 rings (SSSR count). The highest BCUT2D eigenvalue weighted by Gasteiger charge is 2.20. The summed E-state index contributed by atoms with van der Waals surface area (Å²) < 4.78 is 32.8. The Kier molecular flexibility index (Phi) is 5.92. The second-order valence-electron chi connectivity index (χ2n) is 4.99. The SMILES string of the molecule is CCOc1ccc(S(=O)(=O)NCC2CCSC2)cc1CN. The molecule has 0 radical (unpaired) electrons. The Morgan fingerprint density at radius 2 is 2.29 bits per heavy atom. The summed E-state index contributed by atoms with van der Waals surface area (Å²) in [5.74, 6) is 3.22. The molecule has 1 fully saturated rings. The summed E-state index contributed by atoms with van der Waals surface area (Å²) in [4.78, 5) is 0.247. The molecule has 7 heteroatoms. The average molecular weight is 330 g/mol. The zero-order valence-electron chi connectivity index (χ0n) is 12.2. The molecule has 1 saturated heterocycles. The first-order chi connectivity index (χ1) is 10.1. The van der Waals surface area contributed by atoms with Gasteiger partial charge >= 0.3 is 0 Å². The molecule has 5 nitrogen and oxygen atoms in total. The van der Waals surface area contributed by atoms with Gasteiger partial charge in [0, 0.05) is 18.7 Å². The van der Waals surface area contributed by atoms with Crippen LogP contribution in [0.15, 0.2) is 23.1 Å². The Morgan fingerprint density at radius 1 is 1.48 bits per heavy atom. The van der Waals surface area contributed by atoms with Gasteiger partial charge in [0.25, 0.3) is 0 Å². The number of rotatable bonds is 7. The maximum absolute atomic E-state index is 12.3. The van der Waals surface area contributed by atoms with Crippen molar-refractivity contribution in [3.63, 3.8) is 0 Å². The predicted molar refractivity (Wildman–Crippen MR) is 86.1 cm³/mol. The van der Waals surface area contributed by atoms with E-state index in [0.717, 1.165) is 17.9 Å². The number of hydrogen-bond donors (Lipinski definition) is 2. The van der Waals surface area contributed by atoms with E-state index in [1.807, 2.05) is 18.7 Å². The van der Waals surface area contributed by atoms with Gasteiger partial charge in [-0.3, -0.25) is 0 Å². The van der Waals surface area contributed by atoms with Gasteiger partial charge in [-0.1, -0.05) is 0 Å². The van der Waals surface area contributed by atoms with Crippen molar-refractivity contribution in [3.05, 3.63) is 23.8 Å². The Morgan fingerprint density at radius 3 is 2.90 bits per heavy atom. The van der Waals surface area contributed by atoms with E-state index in [1.54, 1.807) is 18.2 Å². The maximum atomic E-state index is 12.3. The van der Waals surface area contributed by atoms with Crippen molar-refractivity contribution in [1.29, 1.82) is 0 Å². The fourth-order valence-corrected chi connectivity index (χ4v) is 4.68. The summed E-state index contributed by atoms with van der Waals surface area (Å²) in [5, 5.41) is 0. The first-order valence-corrected chi connectivity index (χ1v) is 9.73. The molecule has 118 valence electrons. The number of nitrogens with two attached hydrogens (primary N) is 1. The lowest BCUT2D eigenvalue weighted by Crippen LogP contribution is -2.29. The monoisotopic (exact) mass is 330 g/mol. The summed E-state index contributed by atoms with van der Waals surface area (Å²) in [6, 6.07) is 4.83. The number of hydrogen-bond acceptors (Lipinski definition) is 5. The van der Waals surface area contributed by atoms with Gasteiger partial charge in [0.05, 0.1) is 11.5 Å². The molecule has 21 heavy (non-hydrogen) atoms. The summed E-state index contributed by atoms with van der Waals surface area (Å²) >= 11 is 1.87. The van der Waals surface area contributed by atoms with Crippen LogP contribution in [0.4, 0.5) is 0 Å².